The van der Waals surface area contributed by atoms with Gasteiger partial charge in [0.1, 0.15) is 5.82 Å². The molecular weight excluding hydrogens is 363 g/mol. The zero-order valence-electron chi connectivity index (χ0n) is 14.9. The predicted octanol–water partition coefficient (Wildman–Crippen LogP) is 4.26. The molecule has 0 amide bonds. The Hall–Kier alpha value is -3.65. The smallest absolute Gasteiger partial charge is 0.270 e. The number of rotatable bonds is 5. The monoisotopic (exact) mass is 378 g/mol. The molecule has 0 radical (unpaired) electrons. The van der Waals surface area contributed by atoms with Crippen LogP contribution in [-0.4, -0.2) is 26.6 Å². The summed E-state index contributed by atoms with van der Waals surface area (Å²) in [7, 11) is 1.56. The maximum atomic E-state index is 13.4. The van der Waals surface area contributed by atoms with Crippen LogP contribution in [-0.2, 0) is 11.3 Å². The molecule has 4 rings (SSSR count). The number of benzene rings is 2. The van der Waals surface area contributed by atoms with Crippen molar-refractivity contribution in [3.05, 3.63) is 82.4 Å². The van der Waals surface area contributed by atoms with Crippen LogP contribution in [0, 0.1) is 15.9 Å². The second-order valence-electron chi connectivity index (χ2n) is 6.13. The van der Waals surface area contributed by atoms with Crippen LogP contribution in [0.5, 0.6) is 0 Å². The average Bonchev–Trinajstić information content (AvgIpc) is 3.07. The SMILES string of the molecule is COCc1nn2c(-c3cccc([N+](=O)[O-])c3)ccnc2c1-c1ccc(F)cc1. The van der Waals surface area contributed by atoms with Crippen molar-refractivity contribution in [2.24, 2.45) is 0 Å². The van der Waals surface area contributed by atoms with Gasteiger partial charge in [-0.1, -0.05) is 24.3 Å². The summed E-state index contributed by atoms with van der Waals surface area (Å²) in [6.45, 7) is 0.241. The standard InChI is InChI=1S/C20H15FN4O3/c1-28-12-17-19(13-5-7-15(21)8-6-13)20-22-10-9-18(24(20)23-17)14-3-2-4-16(11-14)25(26)27/h2-11H,12H2,1H3. The number of nitro benzene ring substituents is 1. The van der Waals surface area contributed by atoms with Gasteiger partial charge in [-0.05, 0) is 23.8 Å². The predicted molar refractivity (Wildman–Crippen MR) is 101 cm³/mol. The second kappa shape index (κ2) is 7.16. The van der Waals surface area contributed by atoms with Gasteiger partial charge in [-0.25, -0.2) is 13.9 Å². The lowest BCUT2D eigenvalue weighted by atomic mass is 10.1. The Kier molecular flexibility index (Phi) is 4.54. The van der Waals surface area contributed by atoms with Crippen LogP contribution in [0.1, 0.15) is 5.69 Å². The van der Waals surface area contributed by atoms with E-state index in [0.29, 0.717) is 22.6 Å². The Morgan fingerprint density at radius 2 is 1.93 bits per heavy atom. The number of aromatic nitrogens is 3. The average molecular weight is 378 g/mol. The molecule has 28 heavy (non-hydrogen) atoms. The highest BCUT2D eigenvalue weighted by atomic mass is 19.1. The minimum absolute atomic E-state index is 0.00880. The molecule has 2 aromatic heterocycles. The number of ether oxygens (including phenoxy) is 1. The molecule has 0 spiro atoms. The zero-order valence-corrected chi connectivity index (χ0v) is 14.9. The van der Waals surface area contributed by atoms with Crippen LogP contribution in [0.2, 0.25) is 0 Å². The fourth-order valence-electron chi connectivity index (χ4n) is 3.14. The zero-order chi connectivity index (χ0) is 19.7. The Labute approximate surface area is 159 Å². The number of fused-ring (bicyclic) bond motifs is 1. The Bertz CT molecular complexity index is 1170. The fourth-order valence-corrected chi connectivity index (χ4v) is 3.14. The lowest BCUT2D eigenvalue weighted by molar-refractivity contribution is -0.384. The van der Waals surface area contributed by atoms with Gasteiger partial charge >= 0.3 is 0 Å². The Morgan fingerprint density at radius 1 is 1.14 bits per heavy atom. The number of halogens is 1. The Balaban J connectivity index is 1.96. The molecule has 0 saturated heterocycles. The van der Waals surface area contributed by atoms with Crippen molar-refractivity contribution in [3.8, 4) is 22.4 Å². The first-order valence-electron chi connectivity index (χ1n) is 8.45. The van der Waals surface area contributed by atoms with Gasteiger partial charge in [0.25, 0.3) is 5.69 Å². The van der Waals surface area contributed by atoms with E-state index in [1.54, 1.807) is 48.2 Å². The van der Waals surface area contributed by atoms with Crippen LogP contribution in [0.3, 0.4) is 0 Å². The molecular formula is C20H15FN4O3. The molecule has 0 fully saturated rings. The molecule has 140 valence electrons. The van der Waals surface area contributed by atoms with Crippen molar-refractivity contribution in [2.45, 2.75) is 6.61 Å². The number of hydrogen-bond acceptors (Lipinski definition) is 5. The minimum Gasteiger partial charge on any atom is -0.378 e. The van der Waals surface area contributed by atoms with Crippen molar-refractivity contribution in [2.75, 3.05) is 7.11 Å². The highest BCUT2D eigenvalue weighted by Crippen LogP contribution is 2.31. The molecule has 0 aliphatic heterocycles. The largest absolute Gasteiger partial charge is 0.378 e. The van der Waals surface area contributed by atoms with Crippen LogP contribution >= 0.6 is 0 Å². The quantitative estimate of drug-likeness (QED) is 0.383. The second-order valence-corrected chi connectivity index (χ2v) is 6.13. The van der Waals surface area contributed by atoms with Gasteiger partial charge < -0.3 is 4.74 Å². The van der Waals surface area contributed by atoms with E-state index < -0.39 is 4.92 Å². The first-order chi connectivity index (χ1) is 13.6. The molecule has 8 heteroatoms. The molecule has 0 saturated carbocycles. The molecule has 2 heterocycles. The van der Waals surface area contributed by atoms with E-state index in [0.717, 1.165) is 11.1 Å². The van der Waals surface area contributed by atoms with Gasteiger partial charge in [-0.2, -0.15) is 5.10 Å². The lowest BCUT2D eigenvalue weighted by Gasteiger charge is -2.05. The first kappa shape index (κ1) is 17.7. The van der Waals surface area contributed by atoms with Crippen LogP contribution in [0.15, 0.2) is 60.8 Å². The topological polar surface area (TPSA) is 82.6 Å². The molecule has 4 aromatic rings. The lowest BCUT2D eigenvalue weighted by Crippen LogP contribution is -1.97. The normalized spacial score (nSPS) is 11.1. The molecule has 0 aliphatic carbocycles. The van der Waals surface area contributed by atoms with Crippen molar-refractivity contribution < 1.29 is 14.1 Å². The summed E-state index contributed by atoms with van der Waals surface area (Å²) in [6, 6.07) is 14.1. The molecule has 0 atom stereocenters. The summed E-state index contributed by atoms with van der Waals surface area (Å²) < 4.78 is 20.3. The van der Waals surface area contributed by atoms with Gasteiger partial charge in [-0.3, -0.25) is 10.1 Å². The Morgan fingerprint density at radius 3 is 2.64 bits per heavy atom. The van der Waals surface area contributed by atoms with Gasteiger partial charge in [0.15, 0.2) is 5.65 Å². The molecule has 7 nitrogen and oxygen atoms in total. The molecule has 2 aromatic carbocycles. The summed E-state index contributed by atoms with van der Waals surface area (Å²) in [4.78, 5) is 15.1. The third-order valence-electron chi connectivity index (χ3n) is 4.36. The van der Waals surface area contributed by atoms with Crippen molar-refractivity contribution >= 4 is 11.3 Å². The van der Waals surface area contributed by atoms with E-state index in [2.05, 4.69) is 10.1 Å². The summed E-state index contributed by atoms with van der Waals surface area (Å²) in [6.07, 6.45) is 1.62. The summed E-state index contributed by atoms with van der Waals surface area (Å²) >= 11 is 0. The van der Waals surface area contributed by atoms with Crippen molar-refractivity contribution in [1.82, 2.24) is 14.6 Å². The van der Waals surface area contributed by atoms with Gasteiger partial charge in [0, 0.05) is 31.0 Å². The van der Waals surface area contributed by atoms with Crippen molar-refractivity contribution in [1.29, 1.82) is 0 Å². The summed E-state index contributed by atoms with van der Waals surface area (Å²) in [5.74, 6) is -0.334. The third-order valence-corrected chi connectivity index (χ3v) is 4.36. The van der Waals surface area contributed by atoms with Crippen molar-refractivity contribution in [3.63, 3.8) is 0 Å². The first-order valence-corrected chi connectivity index (χ1v) is 8.45. The van der Waals surface area contributed by atoms with E-state index >= 15 is 0 Å². The number of nitro groups is 1. The maximum absolute atomic E-state index is 13.4. The van der Waals surface area contributed by atoms with Crippen LogP contribution in [0.4, 0.5) is 10.1 Å². The highest BCUT2D eigenvalue weighted by Gasteiger charge is 2.19. The number of methoxy groups -OCH3 is 1. The molecule has 0 N–H and O–H groups in total. The summed E-state index contributed by atoms with van der Waals surface area (Å²) in [5.41, 5.74) is 3.96. The molecule has 0 unspecified atom stereocenters. The van der Waals surface area contributed by atoms with E-state index in [1.165, 1.54) is 24.3 Å². The van der Waals surface area contributed by atoms with Gasteiger partial charge in [0.05, 0.1) is 28.5 Å². The van der Waals surface area contributed by atoms with E-state index in [9.17, 15) is 14.5 Å². The maximum Gasteiger partial charge on any atom is 0.270 e. The fraction of sp³-hybridized carbons (Fsp3) is 0.100. The third kappa shape index (κ3) is 3.10. The number of nitrogens with zero attached hydrogens (tertiary/aromatic N) is 4. The number of hydrogen-bond donors (Lipinski definition) is 0. The van der Waals surface area contributed by atoms with E-state index in [4.69, 9.17) is 4.74 Å². The minimum atomic E-state index is -0.439. The van der Waals surface area contributed by atoms with E-state index in [-0.39, 0.29) is 18.1 Å². The van der Waals surface area contributed by atoms with Crippen LogP contribution in [0.25, 0.3) is 28.0 Å². The van der Waals surface area contributed by atoms with Gasteiger partial charge in [-0.15, -0.1) is 0 Å². The van der Waals surface area contributed by atoms with Crippen LogP contribution < -0.4 is 0 Å². The number of non-ortho nitro benzene ring substituents is 1. The summed E-state index contributed by atoms with van der Waals surface area (Å²) in [5, 5.41) is 15.7. The highest BCUT2D eigenvalue weighted by molar-refractivity contribution is 5.81. The van der Waals surface area contributed by atoms with E-state index in [1.807, 2.05) is 0 Å². The molecule has 0 bridgehead atoms. The molecule has 0 aliphatic rings. The van der Waals surface area contributed by atoms with Gasteiger partial charge in [0.2, 0.25) is 0 Å².